The number of rotatable bonds is 4. The quantitative estimate of drug-likeness (QED) is 0.539. The summed E-state index contributed by atoms with van der Waals surface area (Å²) in [4.78, 5) is 11.5. The summed E-state index contributed by atoms with van der Waals surface area (Å²) in [6.07, 6.45) is 0. The van der Waals surface area contributed by atoms with Crippen molar-refractivity contribution in [3.8, 4) is 0 Å². The van der Waals surface area contributed by atoms with E-state index in [0.29, 0.717) is 5.76 Å². The molecular formula is C9H17N3O2S. The first-order valence-corrected chi connectivity index (χ1v) is 5.37. The van der Waals surface area contributed by atoms with Gasteiger partial charge in [0.05, 0.1) is 5.69 Å². The molecule has 1 unspecified atom stereocenters. The van der Waals surface area contributed by atoms with Gasteiger partial charge in [0.25, 0.3) is 0 Å². The Morgan fingerprint density at radius 2 is 2.00 bits per heavy atom. The lowest BCUT2D eigenvalue weighted by molar-refractivity contribution is 0.437. The van der Waals surface area contributed by atoms with Crippen molar-refractivity contribution < 1.29 is 4.42 Å². The fourth-order valence-electron chi connectivity index (χ4n) is 1.42. The van der Waals surface area contributed by atoms with Crippen LogP contribution < -0.4 is 16.7 Å². The lowest BCUT2D eigenvalue weighted by Gasteiger charge is -2.12. The van der Waals surface area contributed by atoms with Gasteiger partial charge in [-0.2, -0.15) is 17.3 Å². The third-order valence-electron chi connectivity index (χ3n) is 2.02. The largest absolute Gasteiger partial charge is 0.439 e. The van der Waals surface area contributed by atoms with E-state index in [0.717, 1.165) is 5.69 Å². The van der Waals surface area contributed by atoms with Crippen LogP contribution >= 0.6 is 12.6 Å². The van der Waals surface area contributed by atoms with Crippen LogP contribution in [0.5, 0.6) is 0 Å². The Kier molecular flexibility index (Phi) is 3.87. The monoisotopic (exact) mass is 231 g/mol. The van der Waals surface area contributed by atoms with Crippen molar-refractivity contribution in [2.24, 2.45) is 0 Å². The Bertz CT molecular complexity index is 381. The van der Waals surface area contributed by atoms with Gasteiger partial charge in [-0.1, -0.05) is 13.8 Å². The lowest BCUT2D eigenvalue weighted by atomic mass is 10.1. The van der Waals surface area contributed by atoms with E-state index in [-0.39, 0.29) is 11.2 Å². The zero-order valence-corrected chi connectivity index (χ0v) is 10.3. The van der Waals surface area contributed by atoms with Gasteiger partial charge in [0.15, 0.2) is 0 Å². The Morgan fingerprint density at radius 1 is 1.40 bits per heavy atom. The highest BCUT2D eigenvalue weighted by molar-refractivity contribution is 7.80. The molecule has 0 radical (unpaired) electrons. The molecule has 1 rings (SSSR count). The predicted molar refractivity (Wildman–Crippen MR) is 62.9 cm³/mol. The molecule has 0 saturated heterocycles. The summed E-state index contributed by atoms with van der Waals surface area (Å²) in [5, 5.41) is -0.0744. The predicted octanol–water partition coefficient (Wildman–Crippen LogP) is 1.23. The van der Waals surface area contributed by atoms with E-state index in [1.54, 1.807) is 7.05 Å². The van der Waals surface area contributed by atoms with E-state index in [2.05, 4.69) is 23.6 Å². The van der Waals surface area contributed by atoms with E-state index < -0.39 is 5.76 Å². The SMILES string of the molecule is CNNn1c(C(C)S)c(C(C)C)oc1=O. The van der Waals surface area contributed by atoms with Gasteiger partial charge in [0, 0.05) is 18.2 Å². The summed E-state index contributed by atoms with van der Waals surface area (Å²) in [5.41, 5.74) is 6.16. The topological polar surface area (TPSA) is 59.2 Å². The summed E-state index contributed by atoms with van der Waals surface area (Å²) in [5.74, 6) is 0.399. The number of aromatic nitrogens is 1. The number of nitrogens with zero attached hydrogens (tertiary/aromatic N) is 1. The van der Waals surface area contributed by atoms with E-state index in [9.17, 15) is 4.79 Å². The minimum Gasteiger partial charge on any atom is -0.411 e. The number of nitrogens with one attached hydrogen (secondary N) is 2. The Hall–Kier alpha value is -0.880. The summed E-state index contributed by atoms with van der Waals surface area (Å²) >= 11 is 4.34. The maximum atomic E-state index is 11.5. The summed E-state index contributed by atoms with van der Waals surface area (Å²) in [7, 11) is 1.68. The normalized spacial score (nSPS) is 13.2. The van der Waals surface area contributed by atoms with Crippen molar-refractivity contribution in [3.05, 3.63) is 22.0 Å². The molecule has 0 aliphatic heterocycles. The van der Waals surface area contributed by atoms with Crippen LogP contribution in [-0.4, -0.2) is 11.7 Å². The van der Waals surface area contributed by atoms with Gasteiger partial charge in [0.2, 0.25) is 0 Å². The number of hydrazine groups is 1. The minimum absolute atomic E-state index is 0.0744. The molecule has 0 aromatic carbocycles. The molecule has 15 heavy (non-hydrogen) atoms. The van der Waals surface area contributed by atoms with Gasteiger partial charge >= 0.3 is 5.76 Å². The van der Waals surface area contributed by atoms with Gasteiger partial charge in [0.1, 0.15) is 5.76 Å². The van der Waals surface area contributed by atoms with Crippen LogP contribution in [-0.2, 0) is 0 Å². The first kappa shape index (κ1) is 12.2. The molecule has 0 amide bonds. The van der Waals surface area contributed by atoms with Gasteiger partial charge < -0.3 is 4.42 Å². The number of thiol groups is 1. The number of hydrogen-bond acceptors (Lipinski definition) is 5. The van der Waals surface area contributed by atoms with Gasteiger partial charge in [-0.3, -0.25) is 5.53 Å². The molecule has 0 fully saturated rings. The van der Waals surface area contributed by atoms with Crippen LogP contribution in [0.1, 0.15) is 43.4 Å². The molecule has 0 bridgehead atoms. The van der Waals surface area contributed by atoms with Crippen molar-refractivity contribution in [1.82, 2.24) is 10.1 Å². The standard InChI is InChI=1S/C9H17N3O2S/c1-5(2)8-7(6(3)15)12(11-10-4)9(13)14-8/h5-6,10-11,15H,1-4H3. The smallest absolute Gasteiger partial charge is 0.411 e. The molecule has 0 spiro atoms. The average Bonchev–Trinajstić information content (AvgIpc) is 2.45. The Labute approximate surface area is 94.2 Å². The summed E-state index contributed by atoms with van der Waals surface area (Å²) in [6.45, 7) is 5.84. The highest BCUT2D eigenvalue weighted by Gasteiger charge is 2.21. The molecule has 1 heterocycles. The molecule has 6 heteroatoms. The van der Waals surface area contributed by atoms with Gasteiger partial charge in [-0.25, -0.2) is 10.2 Å². The first-order chi connectivity index (χ1) is 6.99. The molecule has 1 atom stereocenters. The van der Waals surface area contributed by atoms with Crippen molar-refractivity contribution in [3.63, 3.8) is 0 Å². The first-order valence-electron chi connectivity index (χ1n) is 4.85. The van der Waals surface area contributed by atoms with E-state index in [1.165, 1.54) is 4.68 Å². The molecule has 0 saturated carbocycles. The fraction of sp³-hybridized carbons (Fsp3) is 0.667. The molecular weight excluding hydrogens is 214 g/mol. The highest BCUT2D eigenvalue weighted by Crippen LogP contribution is 2.26. The third-order valence-corrected chi connectivity index (χ3v) is 2.26. The number of oxazole rings is 1. The second-order valence-corrected chi connectivity index (χ2v) is 4.42. The molecule has 1 aromatic heterocycles. The molecule has 0 aliphatic rings. The second-order valence-electron chi connectivity index (χ2n) is 3.65. The highest BCUT2D eigenvalue weighted by atomic mass is 32.1. The number of hydrogen-bond donors (Lipinski definition) is 3. The Morgan fingerprint density at radius 3 is 2.40 bits per heavy atom. The maximum absolute atomic E-state index is 11.5. The molecule has 5 nitrogen and oxygen atoms in total. The minimum atomic E-state index is -0.427. The van der Waals surface area contributed by atoms with Crippen molar-refractivity contribution in [2.45, 2.75) is 31.9 Å². The zero-order valence-electron chi connectivity index (χ0n) is 9.37. The zero-order chi connectivity index (χ0) is 11.6. The van der Waals surface area contributed by atoms with Crippen molar-refractivity contribution in [1.29, 1.82) is 0 Å². The van der Waals surface area contributed by atoms with Crippen LogP contribution in [0.4, 0.5) is 0 Å². The van der Waals surface area contributed by atoms with Crippen LogP contribution in [0.2, 0.25) is 0 Å². The summed E-state index contributed by atoms with van der Waals surface area (Å²) < 4.78 is 6.52. The summed E-state index contributed by atoms with van der Waals surface area (Å²) in [6, 6.07) is 0. The lowest BCUT2D eigenvalue weighted by Crippen LogP contribution is -2.35. The maximum Gasteiger partial charge on any atom is 0.439 e. The van der Waals surface area contributed by atoms with Crippen LogP contribution in [0.15, 0.2) is 9.21 Å². The molecule has 2 N–H and O–H groups in total. The van der Waals surface area contributed by atoms with E-state index in [4.69, 9.17) is 4.42 Å². The van der Waals surface area contributed by atoms with Gasteiger partial charge in [-0.05, 0) is 6.92 Å². The fourth-order valence-corrected chi connectivity index (χ4v) is 1.67. The van der Waals surface area contributed by atoms with Crippen molar-refractivity contribution in [2.75, 3.05) is 12.6 Å². The molecule has 0 aliphatic carbocycles. The van der Waals surface area contributed by atoms with Crippen LogP contribution in [0.25, 0.3) is 0 Å². The van der Waals surface area contributed by atoms with E-state index in [1.807, 2.05) is 20.8 Å². The second kappa shape index (κ2) is 4.76. The Balaban J connectivity index is 3.31. The molecule has 1 aromatic rings. The van der Waals surface area contributed by atoms with E-state index >= 15 is 0 Å². The van der Waals surface area contributed by atoms with Crippen LogP contribution in [0.3, 0.4) is 0 Å². The third kappa shape index (κ3) is 2.38. The van der Waals surface area contributed by atoms with Crippen LogP contribution in [0, 0.1) is 0 Å². The molecule has 86 valence electrons. The average molecular weight is 231 g/mol. The van der Waals surface area contributed by atoms with Crippen molar-refractivity contribution >= 4 is 12.6 Å². The van der Waals surface area contributed by atoms with Gasteiger partial charge in [-0.15, -0.1) is 0 Å².